The number of nitrogens with zero attached hydrogens (tertiary/aromatic N) is 5. The molecule has 5 aromatic rings. The molecular formula is C41H50N6O7. The number of hydrogen-bond acceptors (Lipinski definition) is 11. The van der Waals surface area contributed by atoms with Crippen molar-refractivity contribution in [2.45, 2.75) is 99.8 Å². The number of carbonyl (C=O) groups is 3. The third-order valence-corrected chi connectivity index (χ3v) is 8.70. The van der Waals surface area contributed by atoms with Gasteiger partial charge >= 0.3 is 5.97 Å². The lowest BCUT2D eigenvalue weighted by Crippen LogP contribution is -2.24. The number of anilines is 1. The molecule has 1 N–H and O–H groups in total. The van der Waals surface area contributed by atoms with Gasteiger partial charge in [-0.25, -0.2) is 15.0 Å². The number of allylic oxidation sites excluding steroid dienone is 2. The number of oxazole rings is 1. The Kier molecular flexibility index (Phi) is 12.1. The summed E-state index contributed by atoms with van der Waals surface area (Å²) >= 11 is 0. The molecule has 3 aromatic heterocycles. The number of benzene rings is 2. The molecular weight excluding hydrogens is 688 g/mol. The predicted molar refractivity (Wildman–Crippen MR) is 208 cm³/mol. The highest BCUT2D eigenvalue weighted by Crippen LogP contribution is 2.34. The van der Waals surface area contributed by atoms with Crippen molar-refractivity contribution < 1.29 is 33.0 Å². The van der Waals surface area contributed by atoms with E-state index >= 15 is 0 Å². The van der Waals surface area contributed by atoms with Crippen LogP contribution in [0.3, 0.4) is 0 Å². The Hall–Kier alpha value is -5.72. The summed E-state index contributed by atoms with van der Waals surface area (Å²) in [5, 5.41) is 3.33. The predicted octanol–water partition coefficient (Wildman–Crippen LogP) is 8.20. The fourth-order valence-electron chi connectivity index (χ4n) is 6.20. The highest BCUT2D eigenvalue weighted by Gasteiger charge is 2.22. The molecule has 54 heavy (non-hydrogen) atoms. The molecule has 0 saturated heterocycles. The number of nitrogens with one attached hydrogen (secondary N) is 1. The maximum atomic E-state index is 12.6. The third-order valence-electron chi connectivity index (χ3n) is 8.70. The van der Waals surface area contributed by atoms with E-state index in [2.05, 4.69) is 16.9 Å². The Balaban J connectivity index is 1.50. The normalized spacial score (nSPS) is 11.8. The lowest BCUT2D eigenvalue weighted by atomic mass is 10.1. The van der Waals surface area contributed by atoms with Crippen LogP contribution in [0.5, 0.6) is 11.5 Å². The second kappa shape index (κ2) is 16.5. The largest absolute Gasteiger partial charge is 0.494 e. The first-order valence-electron chi connectivity index (χ1n) is 18.2. The van der Waals surface area contributed by atoms with E-state index in [1.54, 1.807) is 32.2 Å². The molecule has 286 valence electrons. The summed E-state index contributed by atoms with van der Waals surface area (Å²) in [5.74, 6) is 2.89. The number of aryl methyl sites for hydroxylation is 3. The van der Waals surface area contributed by atoms with E-state index in [0.717, 1.165) is 17.0 Å². The van der Waals surface area contributed by atoms with Gasteiger partial charge in [0.1, 0.15) is 34.0 Å². The highest BCUT2D eigenvalue weighted by molar-refractivity contribution is 6.01. The van der Waals surface area contributed by atoms with Crippen LogP contribution in [-0.2, 0) is 29.0 Å². The van der Waals surface area contributed by atoms with Gasteiger partial charge in [0.15, 0.2) is 23.2 Å². The van der Waals surface area contributed by atoms with E-state index in [4.69, 9.17) is 28.6 Å². The number of Topliss-reactive ketones (excluding diaryl/α,β-unsaturated/α-hetero) is 2. The number of imidazole rings is 2. The van der Waals surface area contributed by atoms with E-state index in [9.17, 15) is 14.4 Å². The molecule has 0 spiro atoms. The standard InChI is InChI=1S/C41H50N6O7/c1-11-30-39(53-27(6)44-30)24(3)42-40-45-32-20-28(25(4)48)22-35(52-19-15-16-36(50)54-41(7,8)9)38(32)47(40)18-14-13-17-46-26(5)43-31-21-29(33(49)12-2)23-34(51-10)37(31)46/h13-14,20-23H,3,11-12,15-19H2,1-2,4-10H3,(H,42,45)/b14-13+. The SMILES string of the molecule is C=C(Nc1nc2cc(C(C)=O)cc(OCCCC(=O)OC(C)(C)C)c2n1C/C=C/Cn1c(C)nc2cc(C(=O)CC)cc(OC)c21)c1oc(C)nc1CC. The van der Waals surface area contributed by atoms with E-state index in [-0.39, 0.29) is 30.6 Å². The Labute approximate surface area is 315 Å². The summed E-state index contributed by atoms with van der Waals surface area (Å²) in [5.41, 5.74) is 4.35. The number of esters is 1. The van der Waals surface area contributed by atoms with Crippen molar-refractivity contribution in [2.75, 3.05) is 19.0 Å². The van der Waals surface area contributed by atoms with Gasteiger partial charge in [-0.2, -0.15) is 0 Å². The van der Waals surface area contributed by atoms with E-state index in [1.165, 1.54) is 6.92 Å². The molecule has 0 aliphatic carbocycles. The van der Waals surface area contributed by atoms with Gasteiger partial charge in [-0.05, 0) is 71.7 Å². The average molecular weight is 739 g/mol. The molecule has 0 saturated carbocycles. The molecule has 13 heteroatoms. The summed E-state index contributed by atoms with van der Waals surface area (Å²) in [6.07, 6.45) is 5.65. The molecule has 0 amide bonds. The molecule has 0 unspecified atom stereocenters. The Morgan fingerprint density at radius 2 is 1.57 bits per heavy atom. The van der Waals surface area contributed by atoms with Crippen LogP contribution in [0.25, 0.3) is 27.8 Å². The highest BCUT2D eigenvalue weighted by atomic mass is 16.6. The van der Waals surface area contributed by atoms with E-state index in [0.29, 0.717) is 94.8 Å². The van der Waals surface area contributed by atoms with Crippen molar-refractivity contribution in [3.8, 4) is 11.5 Å². The molecule has 0 radical (unpaired) electrons. The van der Waals surface area contributed by atoms with Crippen LogP contribution in [0.15, 0.2) is 47.4 Å². The number of ketones is 2. The third kappa shape index (κ3) is 8.90. The van der Waals surface area contributed by atoms with Crippen LogP contribution < -0.4 is 14.8 Å². The quantitative estimate of drug-likeness (QED) is 0.0425. The van der Waals surface area contributed by atoms with Crippen LogP contribution >= 0.6 is 0 Å². The molecule has 3 heterocycles. The Morgan fingerprint density at radius 3 is 2.22 bits per heavy atom. The van der Waals surface area contributed by atoms with Gasteiger partial charge in [0, 0.05) is 44.0 Å². The molecule has 13 nitrogen and oxygen atoms in total. The lowest BCUT2D eigenvalue weighted by molar-refractivity contribution is -0.155. The van der Waals surface area contributed by atoms with Crippen molar-refractivity contribution in [3.63, 3.8) is 0 Å². The van der Waals surface area contributed by atoms with Gasteiger partial charge in [-0.3, -0.25) is 14.4 Å². The van der Waals surface area contributed by atoms with Crippen molar-refractivity contribution in [3.05, 3.63) is 77.3 Å². The number of carbonyl (C=O) groups excluding carboxylic acids is 3. The van der Waals surface area contributed by atoms with Crippen LogP contribution in [0.2, 0.25) is 0 Å². The second-order valence-corrected chi connectivity index (χ2v) is 14.0. The molecule has 0 fully saturated rings. The van der Waals surface area contributed by atoms with Gasteiger partial charge in [0.05, 0.1) is 36.1 Å². The van der Waals surface area contributed by atoms with Crippen molar-refractivity contribution in [1.29, 1.82) is 0 Å². The molecule has 0 aliphatic rings. The van der Waals surface area contributed by atoms with Crippen molar-refractivity contribution in [2.24, 2.45) is 0 Å². The first-order chi connectivity index (χ1) is 25.6. The van der Waals surface area contributed by atoms with Gasteiger partial charge in [0.25, 0.3) is 0 Å². The van der Waals surface area contributed by atoms with Gasteiger partial charge in [-0.1, -0.05) is 32.6 Å². The first-order valence-corrected chi connectivity index (χ1v) is 18.2. The second-order valence-electron chi connectivity index (χ2n) is 14.0. The summed E-state index contributed by atoms with van der Waals surface area (Å²) < 4.78 is 27.3. The zero-order valence-corrected chi connectivity index (χ0v) is 32.7. The summed E-state index contributed by atoms with van der Waals surface area (Å²) in [6.45, 7) is 19.8. The van der Waals surface area contributed by atoms with Crippen LogP contribution in [0.1, 0.15) is 105 Å². The van der Waals surface area contributed by atoms with Crippen molar-refractivity contribution in [1.82, 2.24) is 24.1 Å². The monoisotopic (exact) mass is 738 g/mol. The fourth-order valence-corrected chi connectivity index (χ4v) is 6.20. The summed E-state index contributed by atoms with van der Waals surface area (Å²) in [6, 6.07) is 7.02. The zero-order valence-electron chi connectivity index (χ0n) is 32.7. The van der Waals surface area contributed by atoms with Crippen LogP contribution in [0, 0.1) is 13.8 Å². The smallest absolute Gasteiger partial charge is 0.306 e. The Morgan fingerprint density at radius 1 is 0.926 bits per heavy atom. The topological polar surface area (TPSA) is 153 Å². The van der Waals surface area contributed by atoms with E-state index < -0.39 is 5.60 Å². The lowest BCUT2D eigenvalue weighted by Gasteiger charge is -2.19. The minimum absolute atomic E-state index is 0.0214. The van der Waals surface area contributed by atoms with Crippen molar-refractivity contribution >= 4 is 51.2 Å². The Bertz CT molecular complexity index is 2250. The zero-order chi connectivity index (χ0) is 39.3. The van der Waals surface area contributed by atoms with Gasteiger partial charge in [0.2, 0.25) is 5.95 Å². The van der Waals surface area contributed by atoms with Gasteiger partial charge < -0.3 is 33.1 Å². The first kappa shape index (κ1) is 39.5. The number of methoxy groups -OCH3 is 1. The number of hydrogen-bond donors (Lipinski definition) is 1. The number of fused-ring (bicyclic) bond motifs is 2. The average Bonchev–Trinajstić information content (AvgIpc) is 3.78. The number of ether oxygens (including phenoxy) is 3. The van der Waals surface area contributed by atoms with Gasteiger partial charge in [-0.15, -0.1) is 0 Å². The molecule has 0 aliphatic heterocycles. The maximum Gasteiger partial charge on any atom is 0.306 e. The number of aromatic nitrogens is 5. The minimum Gasteiger partial charge on any atom is -0.494 e. The fraction of sp³-hybridized carbons (Fsp3) is 0.415. The number of rotatable bonds is 17. The van der Waals surface area contributed by atoms with Crippen LogP contribution in [-0.4, -0.2) is 60.9 Å². The maximum absolute atomic E-state index is 12.6. The molecule has 5 rings (SSSR count). The summed E-state index contributed by atoms with van der Waals surface area (Å²) in [4.78, 5) is 51.6. The van der Waals surface area contributed by atoms with Crippen LogP contribution in [0.4, 0.5) is 5.95 Å². The molecule has 0 bridgehead atoms. The minimum atomic E-state index is -0.579. The molecule has 2 aromatic carbocycles. The molecule has 0 atom stereocenters. The van der Waals surface area contributed by atoms with E-state index in [1.807, 2.05) is 68.9 Å². The summed E-state index contributed by atoms with van der Waals surface area (Å²) in [7, 11) is 1.59.